The minimum absolute atomic E-state index is 0.312. The summed E-state index contributed by atoms with van der Waals surface area (Å²) in [5.41, 5.74) is 0. The zero-order valence-electron chi connectivity index (χ0n) is 3.71. The SMILES string of the molecule is O=S(=O)(O)CC(Br)Br. The monoisotopic (exact) mass is 266 g/mol. The quantitative estimate of drug-likeness (QED) is 0.600. The van der Waals surface area contributed by atoms with Gasteiger partial charge >= 0.3 is 0 Å². The highest BCUT2D eigenvalue weighted by Gasteiger charge is 2.08. The van der Waals surface area contributed by atoms with Gasteiger partial charge in [-0.15, -0.1) is 0 Å². The number of halogens is 2. The predicted octanol–water partition coefficient (Wildman–Crippen LogP) is 0.990. The lowest BCUT2D eigenvalue weighted by Crippen LogP contribution is -2.08. The Morgan fingerprint density at radius 1 is 1.50 bits per heavy atom. The van der Waals surface area contributed by atoms with Gasteiger partial charge in [-0.05, 0) is 0 Å². The molecule has 0 heterocycles. The Bertz CT molecular complexity index is 149. The van der Waals surface area contributed by atoms with Crippen molar-refractivity contribution in [1.29, 1.82) is 0 Å². The van der Waals surface area contributed by atoms with Gasteiger partial charge in [-0.3, -0.25) is 4.55 Å². The Hall–Kier alpha value is 0.870. The van der Waals surface area contributed by atoms with Crippen LogP contribution >= 0.6 is 31.9 Å². The molecule has 0 saturated carbocycles. The molecular formula is C2H4Br2O3S. The molecule has 50 valence electrons. The Morgan fingerprint density at radius 2 is 1.88 bits per heavy atom. The van der Waals surface area contributed by atoms with Crippen LogP contribution in [0.5, 0.6) is 0 Å². The second-order valence-electron chi connectivity index (χ2n) is 1.14. The molecule has 0 unspecified atom stereocenters. The van der Waals surface area contributed by atoms with E-state index in [1.54, 1.807) is 0 Å². The summed E-state index contributed by atoms with van der Waals surface area (Å²) < 4.78 is 27.6. The van der Waals surface area contributed by atoms with Crippen LogP contribution in [0.1, 0.15) is 0 Å². The summed E-state index contributed by atoms with van der Waals surface area (Å²) in [4.78, 5) is 0. The highest BCUT2D eigenvalue weighted by molar-refractivity contribution is 9.24. The lowest BCUT2D eigenvalue weighted by molar-refractivity contribution is 0.485. The first-order valence-corrected chi connectivity index (χ1v) is 5.09. The fourth-order valence-electron chi connectivity index (χ4n) is 0.159. The van der Waals surface area contributed by atoms with Crippen molar-refractivity contribution >= 4 is 42.0 Å². The van der Waals surface area contributed by atoms with Gasteiger partial charge in [-0.25, -0.2) is 0 Å². The van der Waals surface area contributed by atoms with Gasteiger partial charge in [-0.1, -0.05) is 31.9 Å². The molecule has 0 aliphatic rings. The second-order valence-corrected chi connectivity index (χ2v) is 6.08. The van der Waals surface area contributed by atoms with Gasteiger partial charge in [0.25, 0.3) is 10.1 Å². The van der Waals surface area contributed by atoms with Crippen LogP contribution in [0.2, 0.25) is 0 Å². The van der Waals surface area contributed by atoms with Gasteiger partial charge < -0.3 is 0 Å². The van der Waals surface area contributed by atoms with E-state index in [1.165, 1.54) is 0 Å². The Labute approximate surface area is 64.5 Å². The van der Waals surface area contributed by atoms with Crippen LogP contribution in [0.4, 0.5) is 0 Å². The average molecular weight is 268 g/mol. The van der Waals surface area contributed by atoms with Crippen molar-refractivity contribution in [2.24, 2.45) is 0 Å². The highest BCUT2D eigenvalue weighted by atomic mass is 79.9. The number of hydrogen-bond acceptors (Lipinski definition) is 2. The first kappa shape index (κ1) is 8.87. The topological polar surface area (TPSA) is 54.4 Å². The van der Waals surface area contributed by atoms with Crippen molar-refractivity contribution in [2.45, 2.75) is 3.74 Å². The van der Waals surface area contributed by atoms with E-state index < -0.39 is 10.1 Å². The smallest absolute Gasteiger partial charge is 0.266 e. The first-order valence-electron chi connectivity index (χ1n) is 1.65. The molecule has 0 aliphatic heterocycles. The summed E-state index contributed by atoms with van der Waals surface area (Å²) in [6.45, 7) is 0. The van der Waals surface area contributed by atoms with E-state index in [0.29, 0.717) is 0 Å². The van der Waals surface area contributed by atoms with E-state index in [1.807, 2.05) is 0 Å². The zero-order chi connectivity index (χ0) is 6.78. The summed E-state index contributed by atoms with van der Waals surface area (Å²) >= 11 is 5.78. The molecule has 0 radical (unpaired) electrons. The molecule has 6 heteroatoms. The third-order valence-corrected chi connectivity index (χ3v) is 2.60. The van der Waals surface area contributed by atoms with Crippen LogP contribution in [0.25, 0.3) is 0 Å². The molecule has 0 bridgehead atoms. The van der Waals surface area contributed by atoms with Crippen molar-refractivity contribution in [2.75, 3.05) is 5.75 Å². The lowest BCUT2D eigenvalue weighted by atomic mass is 11.0. The number of rotatable bonds is 2. The van der Waals surface area contributed by atoms with Gasteiger partial charge in [-0.2, -0.15) is 8.42 Å². The van der Waals surface area contributed by atoms with Crippen LogP contribution in [0, 0.1) is 0 Å². The predicted molar refractivity (Wildman–Crippen MR) is 38.1 cm³/mol. The summed E-state index contributed by atoms with van der Waals surface area (Å²) in [5, 5.41) is 0. The van der Waals surface area contributed by atoms with Gasteiger partial charge in [0.05, 0.1) is 9.49 Å². The van der Waals surface area contributed by atoms with Gasteiger partial charge in [0.15, 0.2) is 0 Å². The third-order valence-electron chi connectivity index (χ3n) is 0.337. The van der Waals surface area contributed by atoms with E-state index >= 15 is 0 Å². The Morgan fingerprint density at radius 3 is 1.88 bits per heavy atom. The summed E-state index contributed by atoms with van der Waals surface area (Å²) in [7, 11) is -3.82. The van der Waals surface area contributed by atoms with Crippen LogP contribution in [-0.4, -0.2) is 22.5 Å². The number of alkyl halides is 2. The largest absolute Gasteiger partial charge is 0.285 e. The molecule has 0 aromatic heterocycles. The Balaban J connectivity index is 3.75. The van der Waals surface area contributed by atoms with E-state index in [4.69, 9.17) is 4.55 Å². The van der Waals surface area contributed by atoms with Crippen LogP contribution in [-0.2, 0) is 10.1 Å². The summed E-state index contributed by atoms with van der Waals surface area (Å²) in [5.74, 6) is -0.312. The molecule has 0 fully saturated rings. The minimum Gasteiger partial charge on any atom is -0.285 e. The van der Waals surface area contributed by atoms with E-state index in [2.05, 4.69) is 31.9 Å². The average Bonchev–Trinajstić information content (AvgIpc) is 1.21. The van der Waals surface area contributed by atoms with Crippen LogP contribution in [0.15, 0.2) is 0 Å². The van der Waals surface area contributed by atoms with Crippen molar-refractivity contribution in [3.8, 4) is 0 Å². The molecule has 3 nitrogen and oxygen atoms in total. The molecule has 0 aliphatic carbocycles. The zero-order valence-corrected chi connectivity index (χ0v) is 7.70. The second kappa shape index (κ2) is 3.14. The minimum atomic E-state index is -3.82. The molecular weight excluding hydrogens is 264 g/mol. The van der Waals surface area contributed by atoms with Crippen molar-refractivity contribution in [1.82, 2.24) is 0 Å². The molecule has 0 spiro atoms. The van der Waals surface area contributed by atoms with E-state index in [9.17, 15) is 8.42 Å². The fraction of sp³-hybridized carbons (Fsp3) is 1.00. The van der Waals surface area contributed by atoms with E-state index in [0.717, 1.165) is 0 Å². The van der Waals surface area contributed by atoms with Crippen LogP contribution < -0.4 is 0 Å². The lowest BCUT2D eigenvalue weighted by Gasteiger charge is -1.93. The third kappa shape index (κ3) is 6.87. The normalized spacial score (nSPS) is 12.5. The molecule has 0 saturated heterocycles. The van der Waals surface area contributed by atoms with Crippen molar-refractivity contribution in [3.63, 3.8) is 0 Å². The molecule has 8 heavy (non-hydrogen) atoms. The molecule has 0 atom stereocenters. The molecule has 0 aromatic rings. The Kier molecular flexibility index (Phi) is 3.49. The first-order chi connectivity index (χ1) is 3.42. The molecule has 0 rings (SSSR count). The van der Waals surface area contributed by atoms with Crippen molar-refractivity contribution < 1.29 is 13.0 Å². The standard InChI is InChI=1S/C2H4Br2O3S/c3-2(4)1-8(5,6)7/h2H,1H2,(H,5,6,7). The fourth-order valence-corrected chi connectivity index (χ4v) is 2.48. The van der Waals surface area contributed by atoms with Crippen LogP contribution in [0.3, 0.4) is 0 Å². The summed E-state index contributed by atoms with van der Waals surface area (Å²) in [6.07, 6.45) is 0. The maximum Gasteiger partial charge on any atom is 0.266 e. The van der Waals surface area contributed by atoms with Gasteiger partial charge in [0.1, 0.15) is 0 Å². The van der Waals surface area contributed by atoms with E-state index in [-0.39, 0.29) is 9.49 Å². The summed E-state index contributed by atoms with van der Waals surface area (Å²) in [6, 6.07) is 0. The number of hydrogen-bond donors (Lipinski definition) is 1. The molecule has 0 amide bonds. The van der Waals surface area contributed by atoms with Gasteiger partial charge in [0.2, 0.25) is 0 Å². The molecule has 0 aromatic carbocycles. The molecule has 1 N–H and O–H groups in total. The highest BCUT2D eigenvalue weighted by Crippen LogP contribution is 2.09. The van der Waals surface area contributed by atoms with Crippen molar-refractivity contribution in [3.05, 3.63) is 0 Å². The maximum absolute atomic E-state index is 9.94. The maximum atomic E-state index is 9.94. The van der Waals surface area contributed by atoms with Gasteiger partial charge in [0, 0.05) is 0 Å².